The first-order chi connectivity index (χ1) is 19.0. The molecule has 0 spiro atoms. The maximum Gasteiger partial charge on any atom is 0.513 e. The van der Waals surface area contributed by atoms with Gasteiger partial charge < -0.3 is 33.7 Å². The van der Waals surface area contributed by atoms with Gasteiger partial charge in [0.15, 0.2) is 11.5 Å². The van der Waals surface area contributed by atoms with E-state index < -0.39 is 24.3 Å². The fourth-order valence-electron chi connectivity index (χ4n) is 3.14. The summed E-state index contributed by atoms with van der Waals surface area (Å²) in [6.07, 6.45) is -0.602. The molecule has 1 rings (SSSR count). The standard InChI is InChI=1S/C30H47NO10/c1-10-20(2)15-25(32)37-14-13-31-22(26(33)36-9)16-21-11-12-23(40-27(34)38-18-29(3,4)5)24(17-21)41-28(35)39-19-30(6,7)8/h11-12,17,20,22,31H,10,13-16,18-19H2,1-9H3/t20?,22-/m0/s1. The van der Waals surface area contributed by atoms with Crippen LogP contribution in [0.3, 0.4) is 0 Å². The molecular formula is C30H47NO10. The Morgan fingerprint density at radius 2 is 1.41 bits per heavy atom. The first kappa shape index (κ1) is 35.7. The molecule has 1 aromatic carbocycles. The average Bonchev–Trinajstić information content (AvgIpc) is 2.88. The molecule has 0 saturated carbocycles. The van der Waals surface area contributed by atoms with Crippen LogP contribution in [-0.2, 0) is 35.0 Å². The maximum absolute atomic E-state index is 12.5. The lowest BCUT2D eigenvalue weighted by Gasteiger charge is -2.20. The van der Waals surface area contributed by atoms with Crippen molar-refractivity contribution >= 4 is 24.2 Å². The summed E-state index contributed by atoms with van der Waals surface area (Å²) in [7, 11) is 1.27. The lowest BCUT2D eigenvalue weighted by atomic mass is 9.99. The topological polar surface area (TPSA) is 136 Å². The molecule has 0 bridgehead atoms. The Morgan fingerprint density at radius 3 is 1.93 bits per heavy atom. The lowest BCUT2D eigenvalue weighted by molar-refractivity contribution is -0.144. The van der Waals surface area contributed by atoms with Gasteiger partial charge in [-0.2, -0.15) is 0 Å². The van der Waals surface area contributed by atoms with E-state index in [0.29, 0.717) is 12.0 Å². The summed E-state index contributed by atoms with van der Waals surface area (Å²) < 4.78 is 31.2. The van der Waals surface area contributed by atoms with Crippen LogP contribution in [0.25, 0.3) is 0 Å². The number of rotatable bonds is 14. The van der Waals surface area contributed by atoms with Gasteiger partial charge >= 0.3 is 24.2 Å². The van der Waals surface area contributed by atoms with E-state index in [0.717, 1.165) is 6.42 Å². The number of nitrogens with one attached hydrogen (secondary N) is 1. The number of carbonyl (C=O) groups is 4. The van der Waals surface area contributed by atoms with Crippen LogP contribution in [0.15, 0.2) is 18.2 Å². The van der Waals surface area contributed by atoms with E-state index in [1.807, 2.05) is 55.4 Å². The molecule has 0 aromatic heterocycles. The number of benzene rings is 1. The predicted octanol–water partition coefficient (Wildman–Crippen LogP) is 5.46. The van der Waals surface area contributed by atoms with Crippen molar-refractivity contribution in [1.29, 1.82) is 0 Å². The minimum Gasteiger partial charge on any atom is -0.468 e. The summed E-state index contributed by atoms with van der Waals surface area (Å²) in [5.41, 5.74) is -0.00392. The van der Waals surface area contributed by atoms with Gasteiger partial charge in [-0.15, -0.1) is 0 Å². The van der Waals surface area contributed by atoms with Gasteiger partial charge in [0, 0.05) is 13.0 Å². The van der Waals surface area contributed by atoms with E-state index in [1.165, 1.54) is 19.2 Å². The van der Waals surface area contributed by atoms with Gasteiger partial charge in [-0.25, -0.2) is 9.59 Å². The van der Waals surface area contributed by atoms with E-state index in [9.17, 15) is 19.2 Å². The summed E-state index contributed by atoms with van der Waals surface area (Å²) in [4.78, 5) is 49.1. The van der Waals surface area contributed by atoms with Crippen molar-refractivity contribution in [3.63, 3.8) is 0 Å². The third-order valence-electron chi connectivity index (χ3n) is 5.53. The van der Waals surface area contributed by atoms with Crippen molar-refractivity contribution in [1.82, 2.24) is 5.32 Å². The molecule has 1 N–H and O–H groups in total. The maximum atomic E-state index is 12.5. The Bertz CT molecular complexity index is 1010. The minimum atomic E-state index is -0.980. The molecule has 0 aliphatic rings. The van der Waals surface area contributed by atoms with Gasteiger partial charge in [0.25, 0.3) is 0 Å². The molecule has 232 valence electrons. The zero-order chi connectivity index (χ0) is 31.2. The highest BCUT2D eigenvalue weighted by Crippen LogP contribution is 2.30. The van der Waals surface area contributed by atoms with E-state index in [2.05, 4.69) is 5.32 Å². The largest absolute Gasteiger partial charge is 0.513 e. The number of carbonyl (C=O) groups excluding carboxylic acids is 4. The molecule has 0 heterocycles. The van der Waals surface area contributed by atoms with Crippen molar-refractivity contribution in [2.24, 2.45) is 16.7 Å². The van der Waals surface area contributed by atoms with Gasteiger partial charge in [-0.1, -0.05) is 67.9 Å². The summed E-state index contributed by atoms with van der Waals surface area (Å²) in [5.74, 6) is -0.748. The molecule has 1 unspecified atom stereocenters. The second kappa shape index (κ2) is 16.8. The number of ether oxygens (including phenoxy) is 6. The zero-order valence-electron chi connectivity index (χ0n) is 25.9. The monoisotopic (exact) mass is 581 g/mol. The second-order valence-electron chi connectivity index (χ2n) is 12.4. The summed E-state index contributed by atoms with van der Waals surface area (Å²) >= 11 is 0. The van der Waals surface area contributed by atoms with E-state index in [1.54, 1.807) is 6.07 Å². The van der Waals surface area contributed by atoms with Crippen molar-refractivity contribution in [2.75, 3.05) is 33.5 Å². The van der Waals surface area contributed by atoms with Crippen molar-refractivity contribution in [2.45, 2.75) is 80.7 Å². The molecular weight excluding hydrogens is 534 g/mol. The Kier molecular flexibility index (Phi) is 14.6. The van der Waals surface area contributed by atoms with Crippen LogP contribution in [0.4, 0.5) is 9.59 Å². The Morgan fingerprint density at radius 1 is 0.854 bits per heavy atom. The highest BCUT2D eigenvalue weighted by atomic mass is 16.7. The van der Waals surface area contributed by atoms with Crippen LogP contribution in [0, 0.1) is 16.7 Å². The number of methoxy groups -OCH3 is 1. The third-order valence-corrected chi connectivity index (χ3v) is 5.53. The molecule has 0 radical (unpaired) electrons. The van der Waals surface area contributed by atoms with Crippen LogP contribution in [0.1, 0.15) is 73.8 Å². The molecule has 1 aromatic rings. The number of hydrogen-bond acceptors (Lipinski definition) is 11. The Hall–Kier alpha value is -3.34. The van der Waals surface area contributed by atoms with Crippen LogP contribution in [0.5, 0.6) is 11.5 Å². The molecule has 0 aliphatic carbocycles. The van der Waals surface area contributed by atoms with Crippen LogP contribution in [0.2, 0.25) is 0 Å². The van der Waals surface area contributed by atoms with Gasteiger partial charge in [0.05, 0.1) is 20.3 Å². The molecule has 0 aliphatic heterocycles. The van der Waals surface area contributed by atoms with Crippen molar-refractivity contribution < 1.29 is 47.6 Å². The van der Waals surface area contributed by atoms with Crippen LogP contribution in [-0.4, -0.2) is 63.8 Å². The molecule has 11 heteroatoms. The molecule has 11 nitrogen and oxygen atoms in total. The molecule has 2 atom stereocenters. The number of hydrogen-bond donors (Lipinski definition) is 1. The fraction of sp³-hybridized carbons (Fsp3) is 0.667. The van der Waals surface area contributed by atoms with Crippen molar-refractivity contribution in [3.8, 4) is 11.5 Å². The Balaban J connectivity index is 3.02. The highest BCUT2D eigenvalue weighted by Gasteiger charge is 2.23. The zero-order valence-corrected chi connectivity index (χ0v) is 25.9. The fourth-order valence-corrected chi connectivity index (χ4v) is 3.14. The first-order valence-electron chi connectivity index (χ1n) is 13.8. The van der Waals surface area contributed by atoms with E-state index >= 15 is 0 Å². The third kappa shape index (κ3) is 15.9. The van der Waals surface area contributed by atoms with Crippen LogP contribution < -0.4 is 14.8 Å². The highest BCUT2D eigenvalue weighted by molar-refractivity contribution is 5.76. The summed E-state index contributed by atoms with van der Waals surface area (Å²) in [6.45, 7) is 15.9. The predicted molar refractivity (Wildman–Crippen MR) is 152 cm³/mol. The quantitative estimate of drug-likeness (QED) is 0.130. The number of esters is 2. The minimum absolute atomic E-state index is 0.0591. The second-order valence-corrected chi connectivity index (χ2v) is 12.4. The first-order valence-corrected chi connectivity index (χ1v) is 13.8. The van der Waals surface area contributed by atoms with Gasteiger partial charge in [-0.3, -0.25) is 9.59 Å². The molecule has 0 amide bonds. The van der Waals surface area contributed by atoms with E-state index in [-0.39, 0.29) is 67.0 Å². The molecule has 0 saturated heterocycles. The molecule has 0 fully saturated rings. The molecule has 41 heavy (non-hydrogen) atoms. The SMILES string of the molecule is CCC(C)CC(=O)OCCN[C@@H](Cc1ccc(OC(=O)OCC(C)(C)C)c(OC(=O)OCC(C)(C)C)c1)C(=O)OC. The average molecular weight is 582 g/mol. The summed E-state index contributed by atoms with van der Waals surface area (Å²) in [5, 5.41) is 3.03. The summed E-state index contributed by atoms with van der Waals surface area (Å²) in [6, 6.07) is 3.72. The van der Waals surface area contributed by atoms with Gasteiger partial charge in [-0.05, 0) is 40.9 Å². The van der Waals surface area contributed by atoms with E-state index in [4.69, 9.17) is 28.4 Å². The lowest BCUT2D eigenvalue weighted by Crippen LogP contribution is -2.41. The van der Waals surface area contributed by atoms with Gasteiger partial charge in [0.2, 0.25) is 0 Å². The normalized spacial score (nSPS) is 13.0. The van der Waals surface area contributed by atoms with Gasteiger partial charge in [0.1, 0.15) is 12.6 Å². The van der Waals surface area contributed by atoms with Crippen molar-refractivity contribution in [3.05, 3.63) is 23.8 Å². The Labute approximate surface area is 243 Å². The smallest absolute Gasteiger partial charge is 0.468 e. The van der Waals surface area contributed by atoms with Crippen LogP contribution >= 0.6 is 0 Å².